The lowest BCUT2D eigenvalue weighted by molar-refractivity contribution is -0.121. The number of hydrogen-bond donors (Lipinski definition) is 1. The largest absolute Gasteiger partial charge is 0.383 e. The molecule has 0 aliphatic carbocycles. The Morgan fingerprint density at radius 2 is 2.32 bits per heavy atom. The first-order chi connectivity index (χ1) is 9.13. The predicted octanol–water partition coefficient (Wildman–Crippen LogP) is 0.231. The molecule has 0 atom stereocenters. The summed E-state index contributed by atoms with van der Waals surface area (Å²) in [5.74, 6) is 0.00208. The molecule has 2 heterocycles. The van der Waals surface area contributed by atoms with E-state index in [1.165, 1.54) is 0 Å². The van der Waals surface area contributed by atoms with E-state index < -0.39 is 0 Å². The number of carbonyl (C=O) groups excluding carboxylic acids is 1. The van der Waals surface area contributed by atoms with E-state index in [1.54, 1.807) is 18.0 Å². The molecule has 2 rings (SSSR count). The van der Waals surface area contributed by atoms with Gasteiger partial charge in [-0.2, -0.15) is 10.2 Å². The van der Waals surface area contributed by atoms with Gasteiger partial charge in [0.15, 0.2) is 0 Å². The van der Waals surface area contributed by atoms with E-state index >= 15 is 0 Å². The number of fused-ring (bicyclic) bond motifs is 1. The van der Waals surface area contributed by atoms with Gasteiger partial charge in [0.1, 0.15) is 11.0 Å². The van der Waals surface area contributed by atoms with Gasteiger partial charge in [-0.05, 0) is 6.92 Å². The van der Waals surface area contributed by atoms with E-state index in [2.05, 4.69) is 15.5 Å². The minimum absolute atomic E-state index is 0.00208. The Hall–Kier alpha value is -1.89. The number of aryl methyl sites for hydroxylation is 3. The van der Waals surface area contributed by atoms with E-state index in [-0.39, 0.29) is 5.91 Å². The van der Waals surface area contributed by atoms with Crippen molar-refractivity contribution in [3.05, 3.63) is 11.9 Å². The van der Waals surface area contributed by atoms with Crippen LogP contribution in [-0.2, 0) is 23.1 Å². The number of nitrogens with one attached hydrogen (secondary N) is 1. The monoisotopic (exact) mass is 265 g/mol. The van der Waals surface area contributed by atoms with Crippen LogP contribution in [0.25, 0.3) is 11.0 Å². The molecule has 1 amide bonds. The highest BCUT2D eigenvalue weighted by atomic mass is 16.5. The van der Waals surface area contributed by atoms with E-state index in [1.807, 2.05) is 18.7 Å². The number of ether oxygens (including phenoxy) is 1. The first-order valence-electron chi connectivity index (χ1n) is 6.24. The quantitative estimate of drug-likeness (QED) is 0.759. The fourth-order valence-corrected chi connectivity index (χ4v) is 2.07. The minimum Gasteiger partial charge on any atom is -0.383 e. The molecule has 2 aromatic heterocycles. The van der Waals surface area contributed by atoms with Gasteiger partial charge in [0.2, 0.25) is 5.91 Å². The maximum atomic E-state index is 11.6. The van der Waals surface area contributed by atoms with Crippen LogP contribution in [-0.4, -0.2) is 45.7 Å². The molecular weight excluding hydrogens is 246 g/mol. The van der Waals surface area contributed by atoms with Crippen LogP contribution in [0.3, 0.4) is 0 Å². The summed E-state index contributed by atoms with van der Waals surface area (Å²) in [6.45, 7) is 3.56. The molecule has 2 aromatic rings. The van der Waals surface area contributed by atoms with Crippen molar-refractivity contribution >= 4 is 16.9 Å². The van der Waals surface area contributed by atoms with Gasteiger partial charge in [-0.1, -0.05) is 0 Å². The molecule has 19 heavy (non-hydrogen) atoms. The molecule has 0 bridgehead atoms. The van der Waals surface area contributed by atoms with E-state index in [9.17, 15) is 4.79 Å². The molecule has 0 radical (unpaired) electrons. The number of aromatic nitrogens is 4. The maximum absolute atomic E-state index is 11.6. The smallest absolute Gasteiger partial charge is 0.221 e. The lowest BCUT2D eigenvalue weighted by Crippen LogP contribution is -2.27. The Morgan fingerprint density at radius 1 is 1.53 bits per heavy atom. The van der Waals surface area contributed by atoms with Crippen LogP contribution in [0.5, 0.6) is 0 Å². The van der Waals surface area contributed by atoms with Crippen LogP contribution < -0.4 is 5.32 Å². The first-order valence-corrected chi connectivity index (χ1v) is 6.24. The van der Waals surface area contributed by atoms with Crippen molar-refractivity contribution in [3.63, 3.8) is 0 Å². The summed E-state index contributed by atoms with van der Waals surface area (Å²) >= 11 is 0. The highest BCUT2D eigenvalue weighted by Gasteiger charge is 2.12. The maximum Gasteiger partial charge on any atom is 0.221 e. The van der Waals surface area contributed by atoms with Crippen LogP contribution in [0.1, 0.15) is 12.1 Å². The van der Waals surface area contributed by atoms with Crippen molar-refractivity contribution in [2.24, 2.45) is 7.05 Å². The summed E-state index contributed by atoms with van der Waals surface area (Å²) in [7, 11) is 3.50. The standard InChI is InChI=1S/C12H19N5O2/c1-9-12-10(16(2)15-9)8-14-17(12)6-4-11(18)13-5-7-19-3/h8H,4-7H2,1-3H3,(H,13,18). The average Bonchev–Trinajstić information content (AvgIpc) is 2.91. The molecule has 0 aliphatic heterocycles. The third-order valence-electron chi connectivity index (χ3n) is 2.99. The van der Waals surface area contributed by atoms with Crippen LogP contribution in [0.4, 0.5) is 0 Å². The lowest BCUT2D eigenvalue weighted by atomic mass is 10.3. The lowest BCUT2D eigenvalue weighted by Gasteiger charge is -2.05. The van der Waals surface area contributed by atoms with Gasteiger partial charge in [-0.25, -0.2) is 0 Å². The third-order valence-corrected chi connectivity index (χ3v) is 2.99. The van der Waals surface area contributed by atoms with Crippen LogP contribution in [0, 0.1) is 6.92 Å². The minimum atomic E-state index is 0.00208. The van der Waals surface area contributed by atoms with Gasteiger partial charge in [0.05, 0.1) is 25.0 Å². The molecule has 0 unspecified atom stereocenters. The van der Waals surface area contributed by atoms with Crippen LogP contribution in [0.15, 0.2) is 6.20 Å². The first kappa shape index (κ1) is 13.5. The Morgan fingerprint density at radius 3 is 3.05 bits per heavy atom. The second-order valence-electron chi connectivity index (χ2n) is 4.40. The summed E-state index contributed by atoms with van der Waals surface area (Å²) in [6.07, 6.45) is 2.17. The van der Waals surface area contributed by atoms with Crippen LogP contribution in [0.2, 0.25) is 0 Å². The zero-order chi connectivity index (χ0) is 13.8. The van der Waals surface area contributed by atoms with Crippen molar-refractivity contribution < 1.29 is 9.53 Å². The predicted molar refractivity (Wildman–Crippen MR) is 70.7 cm³/mol. The number of carbonyl (C=O) groups is 1. The second kappa shape index (κ2) is 5.83. The van der Waals surface area contributed by atoms with Crippen molar-refractivity contribution in [1.29, 1.82) is 0 Å². The van der Waals surface area contributed by atoms with Gasteiger partial charge in [-0.15, -0.1) is 0 Å². The number of methoxy groups -OCH3 is 1. The summed E-state index contributed by atoms with van der Waals surface area (Å²) in [5, 5.41) is 11.4. The van der Waals surface area contributed by atoms with Gasteiger partial charge in [0.25, 0.3) is 0 Å². The van der Waals surface area contributed by atoms with Crippen molar-refractivity contribution in [1.82, 2.24) is 24.9 Å². The fourth-order valence-electron chi connectivity index (χ4n) is 2.07. The topological polar surface area (TPSA) is 74.0 Å². The van der Waals surface area contributed by atoms with Gasteiger partial charge in [-0.3, -0.25) is 14.2 Å². The Labute approximate surface area is 111 Å². The van der Waals surface area contributed by atoms with E-state index in [0.29, 0.717) is 26.1 Å². The second-order valence-corrected chi connectivity index (χ2v) is 4.40. The molecule has 1 N–H and O–H groups in total. The molecule has 0 aliphatic rings. The molecule has 104 valence electrons. The SMILES string of the molecule is COCCNC(=O)CCn1ncc2c1c(C)nn2C. The van der Waals surface area contributed by atoms with Gasteiger partial charge in [0, 0.05) is 27.1 Å². The molecule has 0 saturated heterocycles. The molecule has 0 aromatic carbocycles. The molecule has 0 fully saturated rings. The Balaban J connectivity index is 1.96. The number of rotatable bonds is 6. The van der Waals surface area contributed by atoms with Gasteiger partial charge < -0.3 is 10.1 Å². The normalized spacial score (nSPS) is 11.1. The summed E-state index contributed by atoms with van der Waals surface area (Å²) in [5.41, 5.74) is 2.90. The van der Waals surface area contributed by atoms with E-state index in [4.69, 9.17) is 4.74 Å². The number of amides is 1. The zero-order valence-corrected chi connectivity index (χ0v) is 11.5. The summed E-state index contributed by atoms with van der Waals surface area (Å²) in [4.78, 5) is 11.6. The Kier molecular flexibility index (Phi) is 4.16. The van der Waals surface area contributed by atoms with Crippen LogP contribution >= 0.6 is 0 Å². The van der Waals surface area contributed by atoms with Gasteiger partial charge >= 0.3 is 0 Å². The molecule has 0 saturated carbocycles. The highest BCUT2D eigenvalue weighted by molar-refractivity contribution is 5.78. The van der Waals surface area contributed by atoms with Crippen molar-refractivity contribution in [3.8, 4) is 0 Å². The highest BCUT2D eigenvalue weighted by Crippen LogP contribution is 2.16. The number of nitrogens with zero attached hydrogens (tertiary/aromatic N) is 4. The van der Waals surface area contributed by atoms with Crippen molar-refractivity contribution in [2.75, 3.05) is 20.3 Å². The zero-order valence-electron chi connectivity index (χ0n) is 11.5. The molecule has 7 heteroatoms. The summed E-state index contributed by atoms with van der Waals surface area (Å²) < 4.78 is 8.50. The molecule has 0 spiro atoms. The molecule has 7 nitrogen and oxygen atoms in total. The van der Waals surface area contributed by atoms with Crippen molar-refractivity contribution in [2.45, 2.75) is 19.9 Å². The van der Waals surface area contributed by atoms with E-state index in [0.717, 1.165) is 16.7 Å². The molecular formula is C12H19N5O2. The third kappa shape index (κ3) is 2.93. The fraction of sp³-hybridized carbons (Fsp3) is 0.583. The average molecular weight is 265 g/mol. The number of hydrogen-bond acceptors (Lipinski definition) is 4. The Bertz CT molecular complexity index is 572. The summed E-state index contributed by atoms with van der Waals surface area (Å²) in [6, 6.07) is 0.